The molecule has 1 unspecified atom stereocenters. The molecule has 1 aliphatic rings. The Morgan fingerprint density at radius 1 is 1.03 bits per heavy atom. The van der Waals surface area contributed by atoms with Crippen LogP contribution in [0.1, 0.15) is 30.1 Å². The molecule has 0 spiro atoms. The van der Waals surface area contributed by atoms with E-state index in [0.717, 1.165) is 10.9 Å². The molecule has 4 rings (SSSR count). The van der Waals surface area contributed by atoms with Gasteiger partial charge in [0.25, 0.3) is 0 Å². The Bertz CT molecular complexity index is 1190. The summed E-state index contributed by atoms with van der Waals surface area (Å²) in [6.07, 6.45) is 1.43. The van der Waals surface area contributed by atoms with Crippen molar-refractivity contribution in [2.24, 2.45) is 5.92 Å². The van der Waals surface area contributed by atoms with Crippen molar-refractivity contribution in [2.45, 2.75) is 30.8 Å². The standard InChI is InChI=1S/C23H24N2O5S/c1-16(22(26)20-15-24-21-10-6-5-9-19(20)21)30-23(27)17-11-13-25(14-12-17)31(28,29)18-7-3-2-4-8-18/h2-10,15-17,24H,11-14H2,1H3. The zero-order valence-electron chi connectivity index (χ0n) is 17.2. The van der Waals surface area contributed by atoms with Gasteiger partial charge in [-0.2, -0.15) is 4.31 Å². The average Bonchev–Trinajstić information content (AvgIpc) is 3.23. The highest BCUT2D eigenvalue weighted by molar-refractivity contribution is 7.89. The summed E-state index contributed by atoms with van der Waals surface area (Å²) in [5, 5.41) is 0.787. The van der Waals surface area contributed by atoms with E-state index in [0.29, 0.717) is 18.4 Å². The molecular weight excluding hydrogens is 416 g/mol. The predicted molar refractivity (Wildman–Crippen MR) is 116 cm³/mol. The zero-order chi connectivity index (χ0) is 22.0. The van der Waals surface area contributed by atoms with E-state index in [9.17, 15) is 18.0 Å². The van der Waals surface area contributed by atoms with Crippen LogP contribution < -0.4 is 0 Å². The fourth-order valence-electron chi connectivity index (χ4n) is 3.89. The Hall–Kier alpha value is -2.97. The second kappa shape index (κ2) is 8.64. The van der Waals surface area contributed by atoms with Gasteiger partial charge in [-0.3, -0.25) is 9.59 Å². The minimum atomic E-state index is -3.57. The third kappa shape index (κ3) is 4.26. The Morgan fingerprint density at radius 2 is 1.68 bits per heavy atom. The molecule has 7 nitrogen and oxygen atoms in total. The summed E-state index contributed by atoms with van der Waals surface area (Å²) < 4.78 is 32.3. The average molecular weight is 441 g/mol. The Labute approximate surface area is 181 Å². The summed E-state index contributed by atoms with van der Waals surface area (Å²) in [6, 6.07) is 15.7. The van der Waals surface area contributed by atoms with Crippen LogP contribution in [0, 0.1) is 5.92 Å². The van der Waals surface area contributed by atoms with Gasteiger partial charge in [0.15, 0.2) is 6.10 Å². The Balaban J connectivity index is 1.36. The van der Waals surface area contributed by atoms with Gasteiger partial charge in [-0.05, 0) is 38.0 Å². The molecule has 0 aliphatic carbocycles. The first-order valence-electron chi connectivity index (χ1n) is 10.2. The number of nitrogens with one attached hydrogen (secondary N) is 1. The minimum absolute atomic E-state index is 0.238. The van der Waals surface area contributed by atoms with E-state index in [1.807, 2.05) is 24.3 Å². The number of esters is 1. The number of carbonyl (C=O) groups is 2. The molecule has 0 bridgehead atoms. The normalized spacial score (nSPS) is 16.8. The van der Waals surface area contributed by atoms with Crippen LogP contribution in [-0.4, -0.2) is 48.7 Å². The van der Waals surface area contributed by atoms with Gasteiger partial charge < -0.3 is 9.72 Å². The number of aromatic amines is 1. The lowest BCUT2D eigenvalue weighted by Crippen LogP contribution is -2.41. The molecule has 0 saturated carbocycles. The van der Waals surface area contributed by atoms with E-state index >= 15 is 0 Å². The molecule has 1 fully saturated rings. The number of H-pyrrole nitrogens is 1. The number of piperidine rings is 1. The maximum absolute atomic E-state index is 12.8. The first kappa shape index (κ1) is 21.3. The molecule has 2 aromatic carbocycles. The number of nitrogens with zero attached hydrogens (tertiary/aromatic N) is 1. The lowest BCUT2D eigenvalue weighted by atomic mass is 9.98. The third-order valence-electron chi connectivity index (χ3n) is 5.69. The predicted octanol–water partition coefficient (Wildman–Crippen LogP) is 3.38. The number of rotatable bonds is 6. The number of carbonyl (C=O) groups excluding carboxylic acids is 2. The van der Waals surface area contributed by atoms with Crippen molar-refractivity contribution in [2.75, 3.05) is 13.1 Å². The Kier molecular flexibility index (Phi) is 5.93. The summed E-state index contributed by atoms with van der Waals surface area (Å²) >= 11 is 0. The second-order valence-electron chi connectivity index (χ2n) is 7.68. The van der Waals surface area contributed by atoms with Crippen LogP contribution in [0.5, 0.6) is 0 Å². The summed E-state index contributed by atoms with van der Waals surface area (Å²) in [7, 11) is -3.57. The minimum Gasteiger partial charge on any atom is -0.454 e. The number of hydrogen-bond donors (Lipinski definition) is 1. The quantitative estimate of drug-likeness (QED) is 0.468. The van der Waals surface area contributed by atoms with E-state index in [4.69, 9.17) is 4.74 Å². The van der Waals surface area contributed by atoms with Crippen molar-refractivity contribution in [3.8, 4) is 0 Å². The number of benzene rings is 2. The molecule has 1 aliphatic heterocycles. The molecule has 1 atom stereocenters. The SMILES string of the molecule is CC(OC(=O)C1CCN(S(=O)(=O)c2ccccc2)CC1)C(=O)c1c[nH]c2ccccc12. The molecule has 3 aromatic rings. The molecule has 1 N–H and O–H groups in total. The summed E-state index contributed by atoms with van der Waals surface area (Å²) in [5.41, 5.74) is 1.33. The Morgan fingerprint density at radius 3 is 2.39 bits per heavy atom. The maximum Gasteiger partial charge on any atom is 0.309 e. The van der Waals surface area contributed by atoms with Gasteiger partial charge in [-0.1, -0.05) is 36.4 Å². The molecule has 2 heterocycles. The van der Waals surface area contributed by atoms with Crippen LogP contribution in [0.2, 0.25) is 0 Å². The van der Waals surface area contributed by atoms with E-state index in [1.54, 1.807) is 43.5 Å². The first-order valence-corrected chi connectivity index (χ1v) is 11.7. The number of sulfonamides is 1. The summed E-state index contributed by atoms with van der Waals surface area (Å²) in [5.74, 6) is -1.16. The highest BCUT2D eigenvalue weighted by Gasteiger charge is 2.34. The van der Waals surface area contributed by atoms with Crippen molar-refractivity contribution >= 4 is 32.7 Å². The van der Waals surface area contributed by atoms with E-state index < -0.39 is 28.0 Å². The monoisotopic (exact) mass is 440 g/mol. The largest absolute Gasteiger partial charge is 0.454 e. The van der Waals surface area contributed by atoms with E-state index in [2.05, 4.69) is 4.98 Å². The number of hydrogen-bond acceptors (Lipinski definition) is 5. The third-order valence-corrected chi connectivity index (χ3v) is 7.60. The van der Waals surface area contributed by atoms with Gasteiger partial charge in [-0.25, -0.2) is 8.42 Å². The van der Waals surface area contributed by atoms with Gasteiger partial charge >= 0.3 is 5.97 Å². The molecule has 0 radical (unpaired) electrons. The van der Waals surface area contributed by atoms with Crippen LogP contribution in [-0.2, 0) is 19.6 Å². The fraction of sp³-hybridized carbons (Fsp3) is 0.304. The van der Waals surface area contributed by atoms with Gasteiger partial charge in [0.1, 0.15) is 0 Å². The van der Waals surface area contributed by atoms with E-state index in [-0.39, 0.29) is 23.8 Å². The van der Waals surface area contributed by atoms with Gasteiger partial charge in [0.2, 0.25) is 15.8 Å². The molecule has 8 heteroatoms. The van der Waals surface area contributed by atoms with Crippen molar-refractivity contribution < 1.29 is 22.7 Å². The molecule has 1 saturated heterocycles. The van der Waals surface area contributed by atoms with Crippen molar-refractivity contribution in [3.05, 3.63) is 66.4 Å². The summed E-state index contributed by atoms with van der Waals surface area (Å²) in [6.45, 7) is 2.04. The topological polar surface area (TPSA) is 96.5 Å². The molecule has 31 heavy (non-hydrogen) atoms. The number of para-hydroxylation sites is 1. The van der Waals surface area contributed by atoms with Crippen LogP contribution in [0.4, 0.5) is 0 Å². The number of ketones is 1. The highest BCUT2D eigenvalue weighted by Crippen LogP contribution is 2.26. The van der Waals surface area contributed by atoms with Gasteiger partial charge in [0.05, 0.1) is 10.8 Å². The molecule has 162 valence electrons. The molecular formula is C23H24N2O5S. The summed E-state index contributed by atoms with van der Waals surface area (Å²) in [4.78, 5) is 28.7. The maximum atomic E-state index is 12.8. The fourth-order valence-corrected chi connectivity index (χ4v) is 5.38. The van der Waals surface area contributed by atoms with Crippen LogP contribution in [0.15, 0.2) is 65.7 Å². The number of fused-ring (bicyclic) bond motifs is 1. The smallest absolute Gasteiger partial charge is 0.309 e. The van der Waals surface area contributed by atoms with Crippen molar-refractivity contribution in [1.82, 2.24) is 9.29 Å². The van der Waals surface area contributed by atoms with E-state index in [1.165, 1.54) is 4.31 Å². The highest BCUT2D eigenvalue weighted by atomic mass is 32.2. The zero-order valence-corrected chi connectivity index (χ0v) is 18.0. The van der Waals surface area contributed by atoms with Crippen molar-refractivity contribution in [1.29, 1.82) is 0 Å². The number of aromatic nitrogens is 1. The number of Topliss-reactive ketones (excluding diaryl/α,β-unsaturated/α-hetero) is 1. The lowest BCUT2D eigenvalue weighted by molar-refractivity contribution is -0.152. The van der Waals surface area contributed by atoms with Gasteiger partial charge in [-0.15, -0.1) is 0 Å². The number of ether oxygens (including phenoxy) is 1. The first-order chi connectivity index (χ1) is 14.9. The van der Waals surface area contributed by atoms with Crippen molar-refractivity contribution in [3.63, 3.8) is 0 Å². The van der Waals surface area contributed by atoms with Gasteiger partial charge in [0, 0.05) is 35.8 Å². The molecule has 1 aromatic heterocycles. The molecule has 0 amide bonds. The second-order valence-corrected chi connectivity index (χ2v) is 9.62. The lowest BCUT2D eigenvalue weighted by Gasteiger charge is -2.30. The van der Waals surface area contributed by atoms with Crippen LogP contribution >= 0.6 is 0 Å². The van der Waals surface area contributed by atoms with Crippen LogP contribution in [0.3, 0.4) is 0 Å². The van der Waals surface area contributed by atoms with Crippen LogP contribution in [0.25, 0.3) is 10.9 Å².